The molecule has 2 heteroatoms. The van der Waals surface area contributed by atoms with Gasteiger partial charge < -0.3 is 0 Å². The minimum absolute atomic E-state index is 0.860. The van der Waals surface area contributed by atoms with Crippen LogP contribution in [0.4, 0.5) is 0 Å². The van der Waals surface area contributed by atoms with Crippen molar-refractivity contribution in [1.29, 1.82) is 0 Å². The van der Waals surface area contributed by atoms with E-state index in [4.69, 9.17) is 0 Å². The van der Waals surface area contributed by atoms with Crippen LogP contribution in [0.15, 0.2) is 122 Å². The molecular formula is C30H24N2. The molecule has 0 bridgehead atoms. The van der Waals surface area contributed by atoms with Gasteiger partial charge in [0.2, 0.25) is 0 Å². The molecule has 2 nitrogen and oxygen atoms in total. The monoisotopic (exact) mass is 412 g/mol. The van der Waals surface area contributed by atoms with E-state index in [0.29, 0.717) is 0 Å². The van der Waals surface area contributed by atoms with Crippen LogP contribution in [0.2, 0.25) is 0 Å². The second-order valence-corrected chi connectivity index (χ2v) is 7.16. The quantitative estimate of drug-likeness (QED) is 0.303. The fraction of sp³-hybridized carbons (Fsp3) is 0. The van der Waals surface area contributed by atoms with Crippen LogP contribution in [0.3, 0.4) is 0 Å². The smallest absolute Gasteiger partial charge is 0.0886 e. The molecule has 1 heterocycles. The van der Waals surface area contributed by atoms with E-state index in [-0.39, 0.29) is 0 Å². The number of hydrogen-bond acceptors (Lipinski definition) is 2. The van der Waals surface area contributed by atoms with E-state index in [9.17, 15) is 0 Å². The number of benzene rings is 4. The van der Waals surface area contributed by atoms with Gasteiger partial charge >= 0.3 is 0 Å². The van der Waals surface area contributed by atoms with Crippen LogP contribution < -0.4 is 0 Å². The fourth-order valence-corrected chi connectivity index (χ4v) is 3.23. The zero-order valence-electron chi connectivity index (χ0n) is 17.8. The SMILES string of the molecule is C(=Cc1nccnc1C=Cc1ccccc1)c1ccccc1.c1ccc2ccccc2c1. The Hall–Kier alpha value is -4.30. The molecule has 0 N–H and O–H groups in total. The van der Waals surface area contributed by atoms with Gasteiger partial charge in [0.25, 0.3) is 0 Å². The van der Waals surface area contributed by atoms with Crippen molar-refractivity contribution < 1.29 is 0 Å². The molecule has 0 unspecified atom stereocenters. The third kappa shape index (κ3) is 6.10. The summed E-state index contributed by atoms with van der Waals surface area (Å²) in [6.07, 6.45) is 11.5. The van der Waals surface area contributed by atoms with E-state index in [1.807, 2.05) is 60.7 Å². The van der Waals surface area contributed by atoms with Gasteiger partial charge in [-0.2, -0.15) is 0 Å². The highest BCUT2D eigenvalue weighted by molar-refractivity contribution is 5.82. The van der Waals surface area contributed by atoms with Crippen molar-refractivity contribution in [2.75, 3.05) is 0 Å². The molecule has 0 saturated heterocycles. The first-order chi connectivity index (χ1) is 15.9. The summed E-state index contributed by atoms with van der Waals surface area (Å²) in [4.78, 5) is 8.81. The van der Waals surface area contributed by atoms with Crippen molar-refractivity contribution in [3.63, 3.8) is 0 Å². The first kappa shape index (κ1) is 21.0. The molecule has 4 aromatic carbocycles. The maximum Gasteiger partial charge on any atom is 0.0886 e. The zero-order valence-corrected chi connectivity index (χ0v) is 17.8. The molecule has 0 amide bonds. The molecule has 0 aliphatic rings. The topological polar surface area (TPSA) is 25.8 Å². The molecule has 0 atom stereocenters. The maximum atomic E-state index is 4.41. The first-order valence-corrected chi connectivity index (χ1v) is 10.6. The van der Waals surface area contributed by atoms with Crippen molar-refractivity contribution in [3.05, 3.63) is 144 Å². The second-order valence-electron chi connectivity index (χ2n) is 7.16. The number of hydrogen-bond donors (Lipinski definition) is 0. The molecule has 0 spiro atoms. The van der Waals surface area contributed by atoms with Crippen molar-refractivity contribution in [2.45, 2.75) is 0 Å². The Morgan fingerprint density at radius 3 is 1.09 bits per heavy atom. The Balaban J connectivity index is 0.000000203. The van der Waals surface area contributed by atoms with Gasteiger partial charge in [-0.05, 0) is 34.1 Å². The molecule has 154 valence electrons. The van der Waals surface area contributed by atoms with Crippen molar-refractivity contribution in [3.8, 4) is 0 Å². The molecule has 0 aliphatic carbocycles. The fourth-order valence-electron chi connectivity index (χ4n) is 3.23. The molecule has 5 rings (SSSR count). The van der Waals surface area contributed by atoms with Crippen LogP contribution in [0.5, 0.6) is 0 Å². The molecule has 32 heavy (non-hydrogen) atoms. The van der Waals surface area contributed by atoms with Gasteiger partial charge in [0.15, 0.2) is 0 Å². The van der Waals surface area contributed by atoms with Crippen LogP contribution in [0.25, 0.3) is 35.1 Å². The Kier molecular flexibility index (Phi) is 7.33. The van der Waals surface area contributed by atoms with Gasteiger partial charge in [-0.1, -0.05) is 121 Å². The summed E-state index contributed by atoms with van der Waals surface area (Å²) in [5, 5.41) is 2.62. The van der Waals surface area contributed by atoms with Gasteiger partial charge in [-0.25, -0.2) is 0 Å². The van der Waals surface area contributed by atoms with E-state index in [1.54, 1.807) is 12.4 Å². The van der Waals surface area contributed by atoms with E-state index in [2.05, 4.69) is 82.8 Å². The van der Waals surface area contributed by atoms with E-state index in [1.165, 1.54) is 10.8 Å². The molecule has 5 aromatic rings. The third-order valence-corrected chi connectivity index (χ3v) is 4.88. The molecule has 0 aliphatic heterocycles. The lowest BCUT2D eigenvalue weighted by molar-refractivity contribution is 1.16. The normalized spacial score (nSPS) is 10.9. The lowest BCUT2D eigenvalue weighted by Crippen LogP contribution is -1.89. The van der Waals surface area contributed by atoms with Gasteiger partial charge in [-0.3, -0.25) is 9.97 Å². The number of fused-ring (bicyclic) bond motifs is 1. The van der Waals surface area contributed by atoms with Gasteiger partial charge in [0.05, 0.1) is 11.4 Å². The standard InChI is InChI=1S/C20H16N2.C10H8/c1-3-7-17(8-4-1)11-13-19-20(22-16-15-21-19)14-12-18-9-5-2-6-10-18;1-2-6-10-8-4-3-7-9(10)5-1/h1-16H;1-8H. The van der Waals surface area contributed by atoms with Crippen molar-refractivity contribution in [2.24, 2.45) is 0 Å². The lowest BCUT2D eigenvalue weighted by atomic mass is 10.1. The summed E-state index contributed by atoms with van der Waals surface area (Å²) < 4.78 is 0. The Morgan fingerprint density at radius 2 is 0.719 bits per heavy atom. The summed E-state index contributed by atoms with van der Waals surface area (Å²) in [6.45, 7) is 0. The first-order valence-electron chi connectivity index (χ1n) is 10.6. The molecule has 0 saturated carbocycles. The maximum absolute atomic E-state index is 4.41. The van der Waals surface area contributed by atoms with E-state index < -0.39 is 0 Å². The molecule has 0 radical (unpaired) electrons. The van der Waals surface area contributed by atoms with Crippen LogP contribution in [-0.2, 0) is 0 Å². The summed E-state index contributed by atoms with van der Waals surface area (Å²) in [7, 11) is 0. The minimum Gasteiger partial charge on any atom is -0.253 e. The lowest BCUT2D eigenvalue weighted by Gasteiger charge is -1.99. The van der Waals surface area contributed by atoms with Gasteiger partial charge in [-0.15, -0.1) is 0 Å². The predicted molar refractivity (Wildman–Crippen MR) is 137 cm³/mol. The van der Waals surface area contributed by atoms with Gasteiger partial charge in [0.1, 0.15) is 0 Å². The van der Waals surface area contributed by atoms with Crippen molar-refractivity contribution in [1.82, 2.24) is 9.97 Å². The molecule has 1 aromatic heterocycles. The van der Waals surface area contributed by atoms with E-state index in [0.717, 1.165) is 22.5 Å². The highest BCUT2D eigenvalue weighted by Crippen LogP contribution is 2.13. The average Bonchev–Trinajstić information content (AvgIpc) is 2.88. The van der Waals surface area contributed by atoms with Crippen molar-refractivity contribution >= 4 is 35.1 Å². The second kappa shape index (κ2) is 11.2. The Morgan fingerprint density at radius 1 is 0.375 bits per heavy atom. The number of rotatable bonds is 4. The Bertz CT molecular complexity index is 1170. The van der Waals surface area contributed by atoms with Crippen LogP contribution in [-0.4, -0.2) is 9.97 Å². The molecule has 0 fully saturated rings. The number of nitrogens with zero attached hydrogens (tertiary/aromatic N) is 2. The summed E-state index contributed by atoms with van der Waals surface area (Å²) in [6, 6.07) is 37.1. The molecular weight excluding hydrogens is 388 g/mol. The van der Waals surface area contributed by atoms with Crippen LogP contribution >= 0.6 is 0 Å². The summed E-state index contributed by atoms with van der Waals surface area (Å²) in [5.41, 5.74) is 4.01. The summed E-state index contributed by atoms with van der Waals surface area (Å²) in [5.74, 6) is 0. The Labute approximate surface area is 189 Å². The number of aromatic nitrogens is 2. The average molecular weight is 413 g/mol. The third-order valence-electron chi connectivity index (χ3n) is 4.88. The predicted octanol–water partition coefficient (Wildman–Crippen LogP) is 7.66. The van der Waals surface area contributed by atoms with Gasteiger partial charge in [0, 0.05) is 12.4 Å². The largest absolute Gasteiger partial charge is 0.253 e. The van der Waals surface area contributed by atoms with Crippen LogP contribution in [0.1, 0.15) is 22.5 Å². The minimum atomic E-state index is 0.860. The highest BCUT2D eigenvalue weighted by atomic mass is 14.8. The zero-order chi connectivity index (χ0) is 21.8. The van der Waals surface area contributed by atoms with Crippen LogP contribution in [0, 0.1) is 0 Å². The van der Waals surface area contributed by atoms with E-state index >= 15 is 0 Å². The summed E-state index contributed by atoms with van der Waals surface area (Å²) >= 11 is 0. The highest BCUT2D eigenvalue weighted by Gasteiger charge is 1.98.